The summed E-state index contributed by atoms with van der Waals surface area (Å²) in [7, 11) is 3.08. The first-order valence-corrected chi connectivity index (χ1v) is 5.46. The molecule has 1 heterocycles. The molecule has 1 saturated heterocycles. The van der Waals surface area contributed by atoms with Crippen molar-refractivity contribution in [3.63, 3.8) is 0 Å². The Bertz CT molecular complexity index is 189. The van der Waals surface area contributed by atoms with E-state index in [1.54, 1.807) is 7.05 Å². The quantitative estimate of drug-likeness (QED) is 0.681. The van der Waals surface area contributed by atoms with Gasteiger partial charge in [-0.15, -0.1) is 0 Å². The van der Waals surface area contributed by atoms with E-state index >= 15 is 0 Å². The van der Waals surface area contributed by atoms with Gasteiger partial charge in [0.2, 0.25) is 0 Å². The van der Waals surface area contributed by atoms with Crippen LogP contribution in [0.15, 0.2) is 0 Å². The lowest BCUT2D eigenvalue weighted by molar-refractivity contribution is -0.0656. The van der Waals surface area contributed by atoms with E-state index in [0.717, 1.165) is 11.5 Å². The van der Waals surface area contributed by atoms with Gasteiger partial charge in [-0.1, -0.05) is 6.92 Å². The van der Waals surface area contributed by atoms with Crippen molar-refractivity contribution < 1.29 is 9.63 Å². The zero-order valence-corrected chi connectivity index (χ0v) is 9.06. The molecule has 1 N–H and O–H groups in total. The van der Waals surface area contributed by atoms with E-state index in [0.29, 0.717) is 5.92 Å². The van der Waals surface area contributed by atoms with E-state index in [1.165, 1.54) is 12.2 Å². The predicted octanol–water partition coefficient (Wildman–Crippen LogP) is 0.941. The second kappa shape index (κ2) is 4.72. The average molecular weight is 204 g/mol. The van der Waals surface area contributed by atoms with Crippen molar-refractivity contribution in [2.45, 2.75) is 13.0 Å². The fraction of sp³-hybridized carbons (Fsp3) is 0.875. The molecule has 76 valence electrons. The molecule has 0 aromatic rings. The fourth-order valence-corrected chi connectivity index (χ4v) is 2.58. The van der Waals surface area contributed by atoms with Gasteiger partial charge in [0.15, 0.2) is 0 Å². The topological polar surface area (TPSA) is 41.6 Å². The second-order valence-corrected chi connectivity index (χ2v) is 4.33. The van der Waals surface area contributed by atoms with Crippen LogP contribution in [-0.2, 0) is 4.84 Å². The summed E-state index contributed by atoms with van der Waals surface area (Å²) in [5, 5.41) is 4.12. The van der Waals surface area contributed by atoms with Crippen LogP contribution in [0.2, 0.25) is 0 Å². The molecule has 13 heavy (non-hydrogen) atoms. The zero-order chi connectivity index (χ0) is 9.84. The summed E-state index contributed by atoms with van der Waals surface area (Å²) in [4.78, 5) is 16.1. The van der Waals surface area contributed by atoms with Crippen LogP contribution in [0.3, 0.4) is 0 Å². The molecule has 4 nitrogen and oxygen atoms in total. The van der Waals surface area contributed by atoms with Gasteiger partial charge >= 0.3 is 6.03 Å². The number of nitrogens with one attached hydrogen (secondary N) is 1. The Kier molecular flexibility index (Phi) is 3.87. The lowest BCUT2D eigenvalue weighted by atomic mass is 10.1. The van der Waals surface area contributed by atoms with Crippen LogP contribution in [0.25, 0.3) is 0 Å². The van der Waals surface area contributed by atoms with Crippen LogP contribution in [0.4, 0.5) is 4.79 Å². The molecule has 1 fully saturated rings. The number of amides is 2. The Morgan fingerprint density at radius 3 is 2.77 bits per heavy atom. The Morgan fingerprint density at radius 1 is 1.62 bits per heavy atom. The number of hydrogen-bond acceptors (Lipinski definition) is 3. The number of thioether (sulfide) groups is 1. The number of urea groups is 1. The van der Waals surface area contributed by atoms with E-state index in [1.807, 2.05) is 11.8 Å². The minimum Gasteiger partial charge on any atom is -0.332 e. The van der Waals surface area contributed by atoms with Gasteiger partial charge in [-0.2, -0.15) is 11.8 Å². The lowest BCUT2D eigenvalue weighted by Crippen LogP contribution is -2.45. The zero-order valence-electron chi connectivity index (χ0n) is 8.24. The highest BCUT2D eigenvalue weighted by Gasteiger charge is 2.26. The van der Waals surface area contributed by atoms with E-state index in [-0.39, 0.29) is 12.1 Å². The van der Waals surface area contributed by atoms with Crippen LogP contribution in [0, 0.1) is 5.92 Å². The Labute approximate surface area is 82.9 Å². The molecule has 5 heteroatoms. The minimum atomic E-state index is -0.165. The Balaban J connectivity index is 2.35. The monoisotopic (exact) mass is 204 g/mol. The molecule has 1 aliphatic rings. The second-order valence-electron chi connectivity index (χ2n) is 3.25. The number of rotatable bonds is 2. The molecular weight excluding hydrogens is 188 g/mol. The van der Waals surface area contributed by atoms with E-state index in [4.69, 9.17) is 4.84 Å². The first-order chi connectivity index (χ1) is 6.15. The van der Waals surface area contributed by atoms with Crippen molar-refractivity contribution in [3.05, 3.63) is 0 Å². The van der Waals surface area contributed by atoms with Crippen LogP contribution in [0.1, 0.15) is 6.92 Å². The van der Waals surface area contributed by atoms with E-state index in [2.05, 4.69) is 12.2 Å². The van der Waals surface area contributed by atoms with Gasteiger partial charge in [0, 0.05) is 18.8 Å². The van der Waals surface area contributed by atoms with Gasteiger partial charge in [-0.25, -0.2) is 9.86 Å². The molecule has 1 rings (SSSR count). The molecule has 0 aromatic carbocycles. The maximum atomic E-state index is 11.4. The van der Waals surface area contributed by atoms with Crippen molar-refractivity contribution in [3.8, 4) is 0 Å². The molecule has 2 amide bonds. The number of hydrogen-bond donors (Lipinski definition) is 1. The summed E-state index contributed by atoms with van der Waals surface area (Å²) >= 11 is 1.88. The van der Waals surface area contributed by atoms with Crippen LogP contribution >= 0.6 is 11.8 Å². The average Bonchev–Trinajstić information content (AvgIpc) is 2.50. The van der Waals surface area contributed by atoms with Crippen LogP contribution in [-0.4, -0.2) is 42.8 Å². The smallest absolute Gasteiger partial charge is 0.332 e. The molecule has 2 unspecified atom stereocenters. The third-order valence-corrected chi connectivity index (χ3v) is 3.59. The number of nitrogens with zero attached hydrogens (tertiary/aromatic N) is 1. The standard InChI is InChI=1S/C8H16N2O2S/c1-6-4-13-5-7(6)9-8(11)10(2)12-3/h6-7H,4-5H2,1-3H3,(H,9,11). The predicted molar refractivity (Wildman–Crippen MR) is 53.6 cm³/mol. The maximum Gasteiger partial charge on any atom is 0.341 e. The minimum absolute atomic E-state index is 0.165. The van der Waals surface area contributed by atoms with Crippen molar-refractivity contribution in [1.29, 1.82) is 0 Å². The third kappa shape index (κ3) is 2.77. The summed E-state index contributed by atoms with van der Waals surface area (Å²) in [6, 6.07) is 0.122. The van der Waals surface area contributed by atoms with Crippen molar-refractivity contribution in [2.75, 3.05) is 25.7 Å². The molecule has 0 radical (unpaired) electrons. The molecule has 0 aliphatic carbocycles. The van der Waals surface area contributed by atoms with Gasteiger partial charge in [-0.05, 0) is 11.7 Å². The summed E-state index contributed by atoms with van der Waals surface area (Å²) in [6.07, 6.45) is 0. The van der Waals surface area contributed by atoms with Gasteiger partial charge < -0.3 is 5.32 Å². The third-order valence-electron chi connectivity index (χ3n) is 2.23. The molecule has 0 saturated carbocycles. The molecule has 0 aromatic heterocycles. The normalized spacial score (nSPS) is 27.3. The summed E-state index contributed by atoms with van der Waals surface area (Å²) in [6.45, 7) is 2.15. The van der Waals surface area contributed by atoms with Crippen LogP contribution in [0.5, 0.6) is 0 Å². The van der Waals surface area contributed by atoms with Crippen molar-refractivity contribution in [1.82, 2.24) is 10.4 Å². The van der Waals surface area contributed by atoms with Gasteiger partial charge in [-0.3, -0.25) is 4.84 Å². The fourth-order valence-electron chi connectivity index (χ4n) is 1.18. The summed E-state index contributed by atoms with van der Waals surface area (Å²) in [5.74, 6) is 2.69. The first-order valence-electron chi connectivity index (χ1n) is 4.31. The van der Waals surface area contributed by atoms with E-state index < -0.39 is 0 Å². The summed E-state index contributed by atoms with van der Waals surface area (Å²) < 4.78 is 0. The van der Waals surface area contributed by atoms with Crippen molar-refractivity contribution in [2.24, 2.45) is 5.92 Å². The number of carbonyl (C=O) groups is 1. The highest BCUT2D eigenvalue weighted by Crippen LogP contribution is 2.23. The maximum absolute atomic E-state index is 11.4. The number of carbonyl (C=O) groups excluding carboxylic acids is 1. The molecule has 0 bridgehead atoms. The van der Waals surface area contributed by atoms with Gasteiger partial charge in [0.25, 0.3) is 0 Å². The molecule has 0 spiro atoms. The molecule has 2 atom stereocenters. The number of hydroxylamine groups is 2. The lowest BCUT2D eigenvalue weighted by Gasteiger charge is -2.20. The van der Waals surface area contributed by atoms with Gasteiger partial charge in [0.05, 0.1) is 7.11 Å². The van der Waals surface area contributed by atoms with Crippen molar-refractivity contribution >= 4 is 17.8 Å². The highest BCUT2D eigenvalue weighted by molar-refractivity contribution is 7.99. The molecular formula is C8H16N2O2S. The largest absolute Gasteiger partial charge is 0.341 e. The SMILES string of the molecule is CON(C)C(=O)NC1CSCC1C. The Hall–Kier alpha value is -0.420. The molecule has 1 aliphatic heterocycles. The summed E-state index contributed by atoms with van der Waals surface area (Å²) in [5.41, 5.74) is 0. The Morgan fingerprint density at radius 2 is 2.31 bits per heavy atom. The van der Waals surface area contributed by atoms with Gasteiger partial charge in [0.1, 0.15) is 0 Å². The van der Waals surface area contributed by atoms with E-state index in [9.17, 15) is 4.79 Å². The first kappa shape index (κ1) is 10.7. The van der Waals surface area contributed by atoms with Crippen LogP contribution < -0.4 is 5.32 Å². The highest BCUT2D eigenvalue weighted by atomic mass is 32.2.